The van der Waals surface area contributed by atoms with Crippen LogP contribution < -0.4 is 20.9 Å². The maximum absolute atomic E-state index is 8.74. The van der Waals surface area contributed by atoms with Crippen LogP contribution >= 0.6 is 0 Å². The van der Waals surface area contributed by atoms with Gasteiger partial charge in [-0.15, -0.1) is 0 Å². The molecule has 0 aromatic heterocycles. The number of hydrogen-bond acceptors (Lipinski definition) is 6. The summed E-state index contributed by atoms with van der Waals surface area (Å²) in [6, 6.07) is 14.5. The zero-order valence-corrected chi connectivity index (χ0v) is 12.9. The van der Waals surface area contributed by atoms with E-state index in [1.54, 1.807) is 24.3 Å². The van der Waals surface area contributed by atoms with Crippen LogP contribution in [0.4, 0.5) is 11.4 Å². The minimum absolute atomic E-state index is 0.480. The number of benzene rings is 2. The van der Waals surface area contributed by atoms with Gasteiger partial charge in [-0.1, -0.05) is 0 Å². The lowest BCUT2D eigenvalue weighted by molar-refractivity contribution is 0.217. The van der Waals surface area contributed by atoms with E-state index in [9.17, 15) is 0 Å². The monoisotopic (exact) mass is 342 g/mol. The van der Waals surface area contributed by atoms with Crippen LogP contribution in [0.25, 0.3) is 0 Å². The number of hydrogen-bond donors (Lipinski definition) is 4. The summed E-state index contributed by atoms with van der Waals surface area (Å²) >= 11 is 0. The normalized spacial score (nSPS) is 10.3. The van der Waals surface area contributed by atoms with Crippen LogP contribution in [-0.2, 0) is 10.4 Å². The number of ether oxygens (including phenoxy) is 2. The summed E-state index contributed by atoms with van der Waals surface area (Å²) in [5, 5.41) is 0. The molecule has 0 spiro atoms. The van der Waals surface area contributed by atoms with Crippen molar-refractivity contribution in [2.24, 2.45) is 0 Å². The van der Waals surface area contributed by atoms with Gasteiger partial charge >= 0.3 is 10.4 Å². The molecule has 2 aromatic rings. The highest BCUT2D eigenvalue weighted by atomic mass is 32.3. The third-order valence-electron chi connectivity index (χ3n) is 2.38. The Morgan fingerprint density at radius 3 is 1.26 bits per heavy atom. The molecule has 0 atom stereocenters. The molecule has 0 unspecified atom stereocenters. The predicted octanol–water partition coefficient (Wildman–Crippen LogP) is 1.66. The first-order valence-corrected chi connectivity index (χ1v) is 7.80. The van der Waals surface area contributed by atoms with Crippen LogP contribution in [0.1, 0.15) is 0 Å². The smallest absolute Gasteiger partial charge is 0.394 e. The maximum Gasteiger partial charge on any atom is 0.394 e. The molecule has 0 heterocycles. The summed E-state index contributed by atoms with van der Waals surface area (Å²) in [6.45, 7) is 0.961. The largest absolute Gasteiger partial charge is 0.490 e. The van der Waals surface area contributed by atoms with E-state index >= 15 is 0 Å². The molecule has 0 fully saturated rings. The Morgan fingerprint density at radius 2 is 1.00 bits per heavy atom. The molecule has 23 heavy (non-hydrogen) atoms. The van der Waals surface area contributed by atoms with Crippen molar-refractivity contribution in [3.8, 4) is 11.5 Å². The summed E-state index contributed by atoms with van der Waals surface area (Å²) in [6.07, 6.45) is 0. The molecule has 0 bridgehead atoms. The van der Waals surface area contributed by atoms with Gasteiger partial charge in [0.15, 0.2) is 0 Å². The van der Waals surface area contributed by atoms with Gasteiger partial charge in [-0.05, 0) is 48.5 Å². The average Bonchev–Trinajstić information content (AvgIpc) is 2.46. The van der Waals surface area contributed by atoms with Gasteiger partial charge in [0.2, 0.25) is 0 Å². The lowest BCUT2D eigenvalue weighted by atomic mass is 10.3. The van der Waals surface area contributed by atoms with E-state index in [1.165, 1.54) is 0 Å². The van der Waals surface area contributed by atoms with Gasteiger partial charge in [-0.25, -0.2) is 0 Å². The zero-order valence-electron chi connectivity index (χ0n) is 12.1. The Bertz CT molecular complexity index is 631. The fraction of sp³-hybridized carbons (Fsp3) is 0.143. The molecule has 8 nitrogen and oxygen atoms in total. The Labute approximate surface area is 134 Å². The van der Waals surface area contributed by atoms with Crippen molar-refractivity contribution in [2.45, 2.75) is 0 Å². The highest BCUT2D eigenvalue weighted by Crippen LogP contribution is 2.14. The van der Waals surface area contributed by atoms with Crippen molar-refractivity contribution in [3.63, 3.8) is 0 Å². The van der Waals surface area contributed by atoms with E-state index < -0.39 is 10.4 Å². The molecule has 9 heteroatoms. The van der Waals surface area contributed by atoms with E-state index in [1.807, 2.05) is 24.3 Å². The third-order valence-corrected chi connectivity index (χ3v) is 2.38. The van der Waals surface area contributed by atoms with Crippen molar-refractivity contribution in [1.82, 2.24) is 0 Å². The lowest BCUT2D eigenvalue weighted by Gasteiger charge is -2.08. The van der Waals surface area contributed by atoms with Gasteiger partial charge in [0.25, 0.3) is 0 Å². The van der Waals surface area contributed by atoms with Gasteiger partial charge in [0.1, 0.15) is 24.7 Å². The molecule has 0 aliphatic rings. The first-order chi connectivity index (χ1) is 10.7. The zero-order chi connectivity index (χ0) is 17.3. The summed E-state index contributed by atoms with van der Waals surface area (Å²) in [7, 11) is -4.67. The van der Waals surface area contributed by atoms with E-state index in [0.717, 1.165) is 22.9 Å². The quantitative estimate of drug-likeness (QED) is 0.364. The van der Waals surface area contributed by atoms with Crippen LogP contribution in [0.5, 0.6) is 11.5 Å². The SMILES string of the molecule is Nc1ccc(OCCOc2ccc(N)cc2)cc1.O=S(=O)(O)O. The molecule has 2 aromatic carbocycles. The Morgan fingerprint density at radius 1 is 0.739 bits per heavy atom. The van der Waals surface area contributed by atoms with Crippen molar-refractivity contribution in [2.75, 3.05) is 24.7 Å². The standard InChI is InChI=1S/C14H16N2O2.H2O4S/c15-11-1-5-13(6-2-11)17-9-10-18-14-7-3-12(16)4-8-14;1-5(2,3)4/h1-8H,9-10,15-16H2;(H2,1,2,3,4). The molecule has 0 amide bonds. The molecule has 0 saturated heterocycles. The molecule has 2 rings (SSSR count). The fourth-order valence-electron chi connectivity index (χ4n) is 1.45. The predicted molar refractivity (Wildman–Crippen MR) is 86.9 cm³/mol. The number of anilines is 2. The van der Waals surface area contributed by atoms with Gasteiger partial charge in [0, 0.05) is 11.4 Å². The topological polar surface area (TPSA) is 145 Å². The second kappa shape index (κ2) is 8.83. The van der Waals surface area contributed by atoms with Crippen LogP contribution in [0.3, 0.4) is 0 Å². The fourth-order valence-corrected chi connectivity index (χ4v) is 1.45. The van der Waals surface area contributed by atoms with Crippen LogP contribution in [0, 0.1) is 0 Å². The average molecular weight is 342 g/mol. The molecule has 6 N–H and O–H groups in total. The Hall–Kier alpha value is -2.49. The van der Waals surface area contributed by atoms with Crippen LogP contribution in [0.15, 0.2) is 48.5 Å². The number of rotatable bonds is 5. The first kappa shape index (κ1) is 18.6. The van der Waals surface area contributed by atoms with Gasteiger partial charge in [0.05, 0.1) is 0 Å². The van der Waals surface area contributed by atoms with Crippen molar-refractivity contribution in [1.29, 1.82) is 0 Å². The Kier molecular flexibility index (Phi) is 7.13. The molecule has 0 aliphatic carbocycles. The summed E-state index contributed by atoms with van der Waals surface area (Å²) in [4.78, 5) is 0. The van der Waals surface area contributed by atoms with Gasteiger partial charge in [-0.3, -0.25) is 9.11 Å². The second-order valence-corrected chi connectivity index (χ2v) is 5.18. The number of nitrogens with two attached hydrogens (primary N) is 2. The lowest BCUT2D eigenvalue weighted by Crippen LogP contribution is -2.08. The second-order valence-electron chi connectivity index (χ2n) is 4.28. The van der Waals surface area contributed by atoms with Crippen molar-refractivity contribution < 1.29 is 27.0 Å². The molecule has 0 radical (unpaired) electrons. The van der Waals surface area contributed by atoms with Gasteiger partial charge < -0.3 is 20.9 Å². The molecule has 126 valence electrons. The Balaban J connectivity index is 0.000000463. The minimum atomic E-state index is -4.67. The minimum Gasteiger partial charge on any atom is -0.490 e. The van der Waals surface area contributed by atoms with Crippen molar-refractivity contribution in [3.05, 3.63) is 48.5 Å². The summed E-state index contributed by atoms with van der Waals surface area (Å²) in [5.74, 6) is 1.57. The highest BCUT2D eigenvalue weighted by Gasteiger charge is 1.95. The van der Waals surface area contributed by atoms with Crippen molar-refractivity contribution >= 4 is 21.8 Å². The molecule has 0 saturated carbocycles. The van der Waals surface area contributed by atoms with E-state index in [4.69, 9.17) is 38.5 Å². The molecular formula is C14H18N2O6S. The van der Waals surface area contributed by atoms with E-state index in [0.29, 0.717) is 13.2 Å². The summed E-state index contributed by atoms with van der Waals surface area (Å²) in [5.41, 5.74) is 12.6. The van der Waals surface area contributed by atoms with Crippen LogP contribution in [-0.4, -0.2) is 30.7 Å². The molecular weight excluding hydrogens is 324 g/mol. The highest BCUT2D eigenvalue weighted by molar-refractivity contribution is 7.79. The maximum atomic E-state index is 8.74. The number of nitrogen functional groups attached to an aromatic ring is 2. The van der Waals surface area contributed by atoms with E-state index in [2.05, 4.69) is 0 Å². The first-order valence-electron chi connectivity index (χ1n) is 6.40. The summed E-state index contributed by atoms with van der Waals surface area (Å²) < 4.78 is 42.6. The molecule has 0 aliphatic heterocycles. The van der Waals surface area contributed by atoms with Gasteiger partial charge in [-0.2, -0.15) is 8.42 Å². The third kappa shape index (κ3) is 9.96. The van der Waals surface area contributed by atoms with Crippen LogP contribution in [0.2, 0.25) is 0 Å². The van der Waals surface area contributed by atoms with E-state index in [-0.39, 0.29) is 0 Å².